The highest BCUT2D eigenvalue weighted by Crippen LogP contribution is 2.60. The molecule has 0 saturated heterocycles. The Balaban J connectivity index is 1.07. The fourth-order valence-electron chi connectivity index (χ4n) is 23.9. The molecule has 30 heteroatoms. The van der Waals surface area contributed by atoms with Crippen LogP contribution in [-0.2, 0) is 84.4 Å². The maximum absolute atomic E-state index is 17.5. The number of ether oxygens (including phenoxy) is 4. The molecule has 2 unspecified atom stereocenters. The molecule has 0 spiro atoms. The molecule has 9 aromatic rings. The average Bonchev–Trinajstić information content (AvgIpc) is 0.667. The normalized spacial score (nSPS) is 17.2. The highest BCUT2D eigenvalue weighted by atomic mass is 28.4. The Morgan fingerprint density at radius 2 is 0.465 bits per heavy atom. The summed E-state index contributed by atoms with van der Waals surface area (Å²) >= 11 is 0. The fraction of sp³-hybridized carbons (Fsp3) is 0.561. The Morgan fingerprint density at radius 3 is 0.632 bits per heavy atom. The van der Waals surface area contributed by atoms with Gasteiger partial charge in [-0.3, -0.25) is 38.6 Å². The fourth-order valence-corrected chi connectivity index (χ4v) is 32.1. The third-order valence-electron chi connectivity index (χ3n) is 33.1. The maximum Gasteiger partial charge on any atom is 0.500 e. The van der Waals surface area contributed by atoms with E-state index in [2.05, 4.69) is 65.2 Å². The molecule has 26 nitrogen and oxygen atoms in total. The van der Waals surface area contributed by atoms with E-state index in [4.69, 9.17) is 72.1 Å². The Hall–Kier alpha value is -8.91. The first-order chi connectivity index (χ1) is 68.8. The molecule has 2 atom stereocenters. The summed E-state index contributed by atoms with van der Waals surface area (Å²) in [7, 11) is 7.11. The van der Waals surface area contributed by atoms with E-state index < -0.39 is 104 Å². The van der Waals surface area contributed by atoms with Gasteiger partial charge < -0.3 is 81.9 Å². The van der Waals surface area contributed by atoms with Crippen molar-refractivity contribution in [1.82, 2.24) is 19.6 Å². The lowest BCUT2D eigenvalue weighted by Crippen LogP contribution is -2.60. The summed E-state index contributed by atoms with van der Waals surface area (Å²) in [5.74, 6) is -2.80. The molecule has 6 aliphatic rings. The number of carbonyl (C=O) groups is 6. The zero-order chi connectivity index (χ0) is 104. The Kier molecular flexibility index (Phi) is 34.3. The van der Waals surface area contributed by atoms with Gasteiger partial charge in [0.2, 0.25) is 11.8 Å². The topological polar surface area (TPSA) is 263 Å². The van der Waals surface area contributed by atoms with E-state index in [0.29, 0.717) is 105 Å². The lowest BCUT2D eigenvalue weighted by molar-refractivity contribution is -0.144. The molecule has 4 aliphatic carbocycles. The minimum absolute atomic E-state index is 0.0551. The van der Waals surface area contributed by atoms with Crippen LogP contribution in [0, 0.1) is 11.8 Å². The zero-order valence-electron chi connectivity index (χ0n) is 89.7. The molecular formula is C114H156N4O22Si4. The van der Waals surface area contributed by atoms with E-state index in [1.807, 2.05) is 125 Å². The van der Waals surface area contributed by atoms with Crippen molar-refractivity contribution in [2.75, 3.05) is 85.3 Å². The smallest absolute Gasteiger partial charge is 0.457 e. The minimum Gasteiger partial charge on any atom is -0.457 e. The van der Waals surface area contributed by atoms with Crippen molar-refractivity contribution < 1.29 is 101 Å². The van der Waals surface area contributed by atoms with E-state index in [-0.39, 0.29) is 92.0 Å². The molecule has 9 aromatic carbocycles. The summed E-state index contributed by atoms with van der Waals surface area (Å²) in [6.07, 6.45) is 20.7. The van der Waals surface area contributed by atoms with E-state index in [1.165, 1.54) is 9.80 Å². The minimum atomic E-state index is -3.06. The Morgan fingerprint density at radius 1 is 0.285 bits per heavy atom. The summed E-state index contributed by atoms with van der Waals surface area (Å²) in [4.78, 5) is 110. The molecule has 2 aliphatic heterocycles. The monoisotopic (exact) mass is 2050 g/mol. The standard InChI is InChI=1S/C114H156N4O22Si4/c1-73(2)103(109(123)115(79-37-29-25-30-38-79)80-39-31-26-32-40-80)117-105(119)87-69-91(137-83-53-45-75(46-54-83)111(5,6)61-65-141(125-13,126-14)127-15)97-99-93(139-85-57-49-77(50-58-85)113(9,10)63-67-143(131-19,132-20)133-21)71-89-96-90(108(122)118(107(89)121)104(74(3)4)110(124)116(81-41-33-27-34-42-81)82-43-35-28-36-44-82)72-94(140-86-59-51-78(52-60-86)114(11,12)64-68-144(134-22,135-23)136-24)100(102(96)99)98-92(70-88(106(117)120)95(87)101(97)98)138-84-55-47-76(48-56-84)112(7,8)62-66-142(128-16,129-17)130-18/h45-60,69-74,79-82,103-104H,25-44,61-68H2,1-24H3. The summed E-state index contributed by atoms with van der Waals surface area (Å²) in [5, 5.41) is 2.21. The molecule has 144 heavy (non-hydrogen) atoms. The second-order valence-corrected chi connectivity index (χ2v) is 56.3. The molecule has 4 fully saturated rings. The summed E-state index contributed by atoms with van der Waals surface area (Å²) in [6, 6.07) is 37.2. The van der Waals surface area contributed by atoms with Gasteiger partial charge in [0.15, 0.2) is 0 Å². The second kappa shape index (κ2) is 45.3. The quantitative estimate of drug-likeness (QED) is 0.0148. The third kappa shape index (κ3) is 21.7. The number of hydrogen-bond acceptors (Lipinski definition) is 22. The van der Waals surface area contributed by atoms with Crippen LogP contribution in [0.25, 0.3) is 43.1 Å². The van der Waals surface area contributed by atoms with Gasteiger partial charge in [0.05, 0.1) is 22.3 Å². The largest absolute Gasteiger partial charge is 0.500 e. The van der Waals surface area contributed by atoms with Crippen LogP contribution in [0.1, 0.15) is 301 Å². The van der Waals surface area contributed by atoms with Gasteiger partial charge >= 0.3 is 35.2 Å². The van der Waals surface area contributed by atoms with Gasteiger partial charge in [-0.15, -0.1) is 0 Å². The van der Waals surface area contributed by atoms with Crippen molar-refractivity contribution >= 4 is 114 Å². The Bertz CT molecular complexity index is 5310. The lowest BCUT2D eigenvalue weighted by Gasteiger charge is -2.46. The molecule has 4 saturated carbocycles. The van der Waals surface area contributed by atoms with E-state index in [1.54, 1.807) is 110 Å². The van der Waals surface area contributed by atoms with Gasteiger partial charge in [0.25, 0.3) is 23.6 Å². The van der Waals surface area contributed by atoms with E-state index >= 15 is 28.8 Å². The van der Waals surface area contributed by atoms with E-state index in [0.717, 1.165) is 151 Å². The number of imide groups is 2. The van der Waals surface area contributed by atoms with Crippen LogP contribution in [0.4, 0.5) is 0 Å². The molecule has 0 aromatic heterocycles. The number of fused-ring (bicyclic) bond motifs is 2. The lowest BCUT2D eigenvalue weighted by atomic mass is 9.79. The third-order valence-corrected chi connectivity index (χ3v) is 44.0. The van der Waals surface area contributed by atoms with E-state index in [9.17, 15) is 0 Å². The number of amides is 6. The van der Waals surface area contributed by atoms with Gasteiger partial charge in [0, 0.05) is 177 Å². The Labute approximate surface area is 857 Å². The highest BCUT2D eigenvalue weighted by Gasteiger charge is 2.53. The first-order valence-electron chi connectivity index (χ1n) is 52.3. The summed E-state index contributed by atoms with van der Waals surface area (Å²) < 4.78 is 103. The van der Waals surface area contributed by atoms with Crippen molar-refractivity contribution in [1.29, 1.82) is 0 Å². The van der Waals surface area contributed by atoms with Crippen LogP contribution < -0.4 is 18.9 Å². The van der Waals surface area contributed by atoms with Crippen LogP contribution in [0.3, 0.4) is 0 Å². The SMILES string of the molecule is CO[Si](CCC(C)(C)c1ccc(Oc2cc3c4c(cc(Oc5ccc(C(C)(C)CC[Si](OC)(OC)OC)cc5)c5c6c(Oc7ccc(C(C)(C)CC[Si](OC)(OC)OC)cc7)cc7c8c(cc(Oc9ccc(C(C)(C)CC[Si](OC)(OC)OC)cc9)c(c2c45)c86)C(=O)N(C(C(=O)N(C2CCCCC2)C2CCCCC2)C(C)C)C7=O)C(=O)N(C(C(=O)N(C2CCCCC2)C2CCCCC2)C(C)C)C3=O)cc1)(OC)OC. The van der Waals surface area contributed by atoms with Gasteiger partial charge in [-0.25, -0.2) is 0 Å². The number of carbonyl (C=O) groups excluding carboxylic acids is 6. The van der Waals surface area contributed by atoms with Crippen molar-refractivity contribution in [2.24, 2.45) is 11.8 Å². The molecule has 780 valence electrons. The first kappa shape index (κ1) is 109. The summed E-state index contributed by atoms with van der Waals surface area (Å²) in [5.41, 5.74) is 2.12. The van der Waals surface area contributed by atoms with Crippen molar-refractivity contribution in [3.63, 3.8) is 0 Å². The number of nitrogens with zero attached hydrogens (tertiary/aromatic N) is 4. The van der Waals surface area contributed by atoms with Crippen molar-refractivity contribution in [2.45, 2.75) is 319 Å². The molecule has 0 N–H and O–H groups in total. The molecular weight excluding hydrogens is 1890 g/mol. The van der Waals surface area contributed by atoms with Gasteiger partial charge in [-0.1, -0.05) is 209 Å². The van der Waals surface area contributed by atoms with Gasteiger partial charge in [0.1, 0.15) is 58.1 Å². The first-order valence-corrected chi connectivity index (χ1v) is 60.1. The number of rotatable bonds is 46. The molecule has 15 rings (SSSR count). The number of hydrogen-bond donors (Lipinski definition) is 0. The predicted octanol–water partition coefficient (Wildman–Crippen LogP) is 25.3. The van der Waals surface area contributed by atoms with Gasteiger partial charge in [-0.2, -0.15) is 0 Å². The molecule has 0 bridgehead atoms. The molecule has 6 amide bonds. The second-order valence-electron chi connectivity index (χ2n) is 43.9. The summed E-state index contributed by atoms with van der Waals surface area (Å²) in [6.45, 7) is 24.9. The van der Waals surface area contributed by atoms with Crippen LogP contribution in [0.2, 0.25) is 24.2 Å². The molecule has 0 radical (unpaired) electrons. The average molecular weight is 2050 g/mol. The van der Waals surface area contributed by atoms with Crippen LogP contribution in [-0.4, -0.2) is 212 Å². The van der Waals surface area contributed by atoms with Crippen molar-refractivity contribution in [3.05, 3.63) is 166 Å². The van der Waals surface area contributed by atoms with Crippen LogP contribution >= 0.6 is 0 Å². The number of benzene rings is 9. The van der Waals surface area contributed by atoms with Crippen LogP contribution in [0.5, 0.6) is 46.0 Å². The van der Waals surface area contributed by atoms with Crippen molar-refractivity contribution in [3.8, 4) is 46.0 Å². The molecule has 2 heterocycles. The zero-order valence-corrected chi connectivity index (χ0v) is 93.7. The highest BCUT2D eigenvalue weighted by molar-refractivity contribution is 6.62. The maximum atomic E-state index is 17.5. The van der Waals surface area contributed by atoms with Gasteiger partial charge in [-0.05, 0) is 206 Å². The van der Waals surface area contributed by atoms with Crippen LogP contribution in [0.15, 0.2) is 121 Å². The predicted molar refractivity (Wildman–Crippen MR) is 570 cm³/mol.